The smallest absolute Gasteiger partial charge is 0.254 e. The molecule has 0 bridgehead atoms. The van der Waals surface area contributed by atoms with Crippen LogP contribution >= 0.6 is 11.6 Å². The summed E-state index contributed by atoms with van der Waals surface area (Å²) < 4.78 is 5.44. The molecule has 108 valence electrons. The first-order valence-electron chi connectivity index (χ1n) is 6.61. The Bertz CT molecular complexity index is 541. The Morgan fingerprint density at radius 3 is 2.75 bits per heavy atom. The molecular formula is C14H17ClN2O3. The van der Waals surface area contributed by atoms with Crippen molar-refractivity contribution in [2.75, 3.05) is 6.61 Å². The zero-order chi connectivity index (χ0) is 14.7. The Morgan fingerprint density at radius 2 is 2.20 bits per heavy atom. The lowest BCUT2D eigenvalue weighted by molar-refractivity contribution is -0.117. The number of rotatable bonds is 7. The van der Waals surface area contributed by atoms with Gasteiger partial charge < -0.3 is 15.3 Å². The quantitative estimate of drug-likeness (QED) is 0.619. The first-order valence-corrected chi connectivity index (χ1v) is 6.99. The van der Waals surface area contributed by atoms with Crippen molar-refractivity contribution < 1.29 is 14.3 Å². The zero-order valence-electron chi connectivity index (χ0n) is 11.3. The van der Waals surface area contributed by atoms with Crippen LogP contribution in [0.15, 0.2) is 6.07 Å². The minimum atomic E-state index is -0.586. The van der Waals surface area contributed by atoms with Crippen molar-refractivity contribution >= 4 is 23.3 Å². The lowest BCUT2D eigenvalue weighted by atomic mass is 10.1. The Kier molecular flexibility index (Phi) is 4.60. The number of amides is 1. The highest BCUT2D eigenvalue weighted by molar-refractivity contribution is 6.30. The number of hydrogen-bond donors (Lipinski definition) is 1. The van der Waals surface area contributed by atoms with Crippen molar-refractivity contribution in [1.29, 1.82) is 0 Å². The third kappa shape index (κ3) is 3.70. The van der Waals surface area contributed by atoms with Crippen LogP contribution in [0.5, 0.6) is 5.88 Å². The van der Waals surface area contributed by atoms with Gasteiger partial charge in [-0.2, -0.15) is 0 Å². The number of ether oxygens (including phenoxy) is 1. The van der Waals surface area contributed by atoms with Crippen LogP contribution in [0.4, 0.5) is 0 Å². The molecule has 1 amide bonds. The van der Waals surface area contributed by atoms with Crippen LogP contribution in [0, 0.1) is 0 Å². The molecule has 0 saturated heterocycles. The number of Topliss-reactive ketones (excluding diaryl/α,β-unsaturated/α-hetero) is 1. The second-order valence-corrected chi connectivity index (χ2v) is 5.37. The van der Waals surface area contributed by atoms with E-state index in [0.717, 1.165) is 18.4 Å². The molecule has 5 nitrogen and oxygen atoms in total. The minimum absolute atomic E-state index is 0.0961. The van der Waals surface area contributed by atoms with Gasteiger partial charge in [0.2, 0.25) is 5.88 Å². The molecule has 1 aromatic heterocycles. The SMILES string of the molecule is CC(=O)CCCOc1nc(Cl)c(C2CC2)cc1C(N)=O. The van der Waals surface area contributed by atoms with Crippen LogP contribution in [0.25, 0.3) is 0 Å². The van der Waals surface area contributed by atoms with Gasteiger partial charge in [-0.3, -0.25) is 4.79 Å². The first-order chi connectivity index (χ1) is 9.49. The number of primary amides is 1. The highest BCUT2D eigenvalue weighted by atomic mass is 35.5. The molecule has 0 spiro atoms. The van der Waals surface area contributed by atoms with Crippen molar-refractivity contribution in [3.05, 3.63) is 22.3 Å². The second-order valence-electron chi connectivity index (χ2n) is 5.01. The Hall–Kier alpha value is -1.62. The van der Waals surface area contributed by atoms with Gasteiger partial charge in [-0.15, -0.1) is 0 Å². The van der Waals surface area contributed by atoms with Crippen molar-refractivity contribution in [3.8, 4) is 5.88 Å². The third-order valence-electron chi connectivity index (χ3n) is 3.16. The molecule has 0 atom stereocenters. The Labute approximate surface area is 122 Å². The van der Waals surface area contributed by atoms with Crippen LogP contribution in [0.2, 0.25) is 5.15 Å². The maximum Gasteiger partial charge on any atom is 0.254 e. The summed E-state index contributed by atoms with van der Waals surface area (Å²) in [4.78, 5) is 26.4. The fourth-order valence-electron chi connectivity index (χ4n) is 1.95. The topological polar surface area (TPSA) is 82.3 Å². The van der Waals surface area contributed by atoms with Gasteiger partial charge in [0.25, 0.3) is 5.91 Å². The third-order valence-corrected chi connectivity index (χ3v) is 3.47. The van der Waals surface area contributed by atoms with Gasteiger partial charge in [0.1, 0.15) is 16.5 Å². The number of ketones is 1. The summed E-state index contributed by atoms with van der Waals surface area (Å²) in [6.45, 7) is 1.82. The van der Waals surface area contributed by atoms with Crippen LogP contribution in [-0.4, -0.2) is 23.3 Å². The number of pyridine rings is 1. The molecular weight excluding hydrogens is 280 g/mol. The summed E-state index contributed by atoms with van der Waals surface area (Å²) in [5.74, 6) is 0.0340. The van der Waals surface area contributed by atoms with Crippen LogP contribution in [0.3, 0.4) is 0 Å². The summed E-state index contributed by atoms with van der Waals surface area (Å²) in [6.07, 6.45) is 3.10. The average molecular weight is 297 g/mol. The summed E-state index contributed by atoms with van der Waals surface area (Å²) in [5, 5.41) is 0.360. The van der Waals surface area contributed by atoms with E-state index in [-0.39, 0.29) is 17.2 Å². The van der Waals surface area contributed by atoms with Gasteiger partial charge in [-0.25, -0.2) is 4.98 Å². The molecule has 2 N–H and O–H groups in total. The number of nitrogens with two attached hydrogens (primary N) is 1. The van der Waals surface area contributed by atoms with E-state index in [1.807, 2.05) is 0 Å². The molecule has 1 heterocycles. The predicted octanol–water partition coefficient (Wildman–Crippen LogP) is 2.46. The van der Waals surface area contributed by atoms with Crippen molar-refractivity contribution in [2.45, 2.75) is 38.5 Å². The van der Waals surface area contributed by atoms with Crippen molar-refractivity contribution in [3.63, 3.8) is 0 Å². The van der Waals surface area contributed by atoms with Crippen LogP contribution in [-0.2, 0) is 4.79 Å². The molecule has 1 aliphatic rings. The number of halogens is 1. The molecule has 20 heavy (non-hydrogen) atoms. The molecule has 1 saturated carbocycles. The monoisotopic (exact) mass is 296 g/mol. The molecule has 1 aromatic rings. The van der Waals surface area contributed by atoms with E-state index in [1.165, 1.54) is 6.92 Å². The standard InChI is InChI=1S/C14H17ClN2O3/c1-8(18)3-2-6-20-14-11(13(16)19)7-10(9-4-5-9)12(15)17-14/h7,9H,2-6H2,1H3,(H2,16,19). The van der Waals surface area contributed by atoms with E-state index in [1.54, 1.807) is 6.07 Å². The van der Waals surface area contributed by atoms with Gasteiger partial charge in [0.15, 0.2) is 0 Å². The molecule has 2 rings (SSSR count). The van der Waals surface area contributed by atoms with Gasteiger partial charge >= 0.3 is 0 Å². The first kappa shape index (κ1) is 14.8. The average Bonchev–Trinajstić information content (AvgIpc) is 3.18. The fourth-order valence-corrected chi connectivity index (χ4v) is 2.23. The van der Waals surface area contributed by atoms with E-state index in [0.29, 0.717) is 30.5 Å². The predicted molar refractivity (Wildman–Crippen MR) is 75.1 cm³/mol. The van der Waals surface area contributed by atoms with Crippen molar-refractivity contribution in [2.24, 2.45) is 5.73 Å². The molecule has 0 aliphatic heterocycles. The summed E-state index contributed by atoms with van der Waals surface area (Å²) >= 11 is 6.11. The normalized spacial score (nSPS) is 14.1. The Balaban J connectivity index is 2.12. The highest BCUT2D eigenvalue weighted by Gasteiger charge is 2.28. The second kappa shape index (κ2) is 6.22. The lowest BCUT2D eigenvalue weighted by Crippen LogP contribution is -2.15. The molecule has 0 unspecified atom stereocenters. The number of carbonyl (C=O) groups is 2. The summed E-state index contributed by atoms with van der Waals surface area (Å²) in [7, 11) is 0. The molecule has 1 aliphatic carbocycles. The maximum atomic E-state index is 11.5. The highest BCUT2D eigenvalue weighted by Crippen LogP contribution is 2.43. The van der Waals surface area contributed by atoms with E-state index in [9.17, 15) is 9.59 Å². The molecule has 0 aromatic carbocycles. The number of hydrogen-bond acceptors (Lipinski definition) is 4. The Morgan fingerprint density at radius 1 is 1.50 bits per heavy atom. The summed E-state index contributed by atoms with van der Waals surface area (Å²) in [5.41, 5.74) is 6.46. The maximum absolute atomic E-state index is 11.5. The molecule has 1 fully saturated rings. The van der Waals surface area contributed by atoms with E-state index in [4.69, 9.17) is 22.1 Å². The van der Waals surface area contributed by atoms with E-state index < -0.39 is 5.91 Å². The number of nitrogens with zero attached hydrogens (tertiary/aromatic N) is 1. The lowest BCUT2D eigenvalue weighted by Gasteiger charge is -2.11. The number of carbonyl (C=O) groups excluding carboxylic acids is 2. The van der Waals surface area contributed by atoms with Gasteiger partial charge in [0.05, 0.1) is 6.61 Å². The van der Waals surface area contributed by atoms with Gasteiger partial charge in [-0.1, -0.05) is 11.6 Å². The largest absolute Gasteiger partial charge is 0.477 e. The number of aromatic nitrogens is 1. The molecule has 0 radical (unpaired) electrons. The minimum Gasteiger partial charge on any atom is -0.477 e. The van der Waals surface area contributed by atoms with Crippen LogP contribution < -0.4 is 10.5 Å². The molecule has 6 heteroatoms. The summed E-state index contributed by atoms with van der Waals surface area (Å²) in [6, 6.07) is 1.68. The van der Waals surface area contributed by atoms with Gasteiger partial charge in [-0.05, 0) is 43.7 Å². The van der Waals surface area contributed by atoms with E-state index >= 15 is 0 Å². The van der Waals surface area contributed by atoms with Crippen molar-refractivity contribution in [1.82, 2.24) is 4.98 Å². The zero-order valence-corrected chi connectivity index (χ0v) is 12.1. The fraction of sp³-hybridized carbons (Fsp3) is 0.500. The van der Waals surface area contributed by atoms with Gasteiger partial charge in [0, 0.05) is 6.42 Å². The van der Waals surface area contributed by atoms with Crippen LogP contribution in [0.1, 0.15) is 54.4 Å². The van der Waals surface area contributed by atoms with E-state index in [2.05, 4.69) is 4.98 Å².